The zero-order valence-corrected chi connectivity index (χ0v) is 15.0. The summed E-state index contributed by atoms with van der Waals surface area (Å²) in [5, 5.41) is 2.87. The summed E-state index contributed by atoms with van der Waals surface area (Å²) in [5.74, 6) is 1.95. The lowest BCUT2D eigenvalue weighted by atomic mass is 10.1. The maximum absolute atomic E-state index is 12.5. The average molecular weight is 358 g/mol. The van der Waals surface area contributed by atoms with Gasteiger partial charge in [0.1, 0.15) is 0 Å². The Morgan fingerprint density at radius 3 is 2.65 bits per heavy atom. The number of rotatable bonds is 5. The number of hydrogen-bond donors (Lipinski definition) is 2. The van der Waals surface area contributed by atoms with Crippen molar-refractivity contribution in [3.8, 4) is 0 Å². The van der Waals surface area contributed by atoms with Crippen molar-refractivity contribution in [3.05, 3.63) is 29.3 Å². The number of aryl methyl sites for hydroxylation is 1. The van der Waals surface area contributed by atoms with Gasteiger partial charge >= 0.3 is 0 Å². The van der Waals surface area contributed by atoms with Crippen LogP contribution in [0.3, 0.4) is 0 Å². The molecule has 0 bridgehead atoms. The number of thioether (sulfide) groups is 1. The molecular formula is C16H24ClN3O2S. The molecule has 0 aromatic heterocycles. The first-order valence-electron chi connectivity index (χ1n) is 7.59. The monoisotopic (exact) mass is 357 g/mol. The van der Waals surface area contributed by atoms with E-state index in [1.165, 1.54) is 0 Å². The molecule has 0 saturated carbocycles. The van der Waals surface area contributed by atoms with Crippen LogP contribution in [0.2, 0.25) is 0 Å². The Hall–Kier alpha value is -1.24. The lowest BCUT2D eigenvalue weighted by molar-refractivity contribution is -0.116. The van der Waals surface area contributed by atoms with Crippen molar-refractivity contribution in [3.63, 3.8) is 0 Å². The Morgan fingerprint density at radius 1 is 1.30 bits per heavy atom. The third kappa shape index (κ3) is 5.71. The molecule has 0 radical (unpaired) electrons. The smallest absolute Gasteiger partial charge is 0.253 e. The second-order valence-corrected chi connectivity index (χ2v) is 6.60. The Kier molecular flexibility index (Phi) is 8.44. The third-order valence-electron chi connectivity index (χ3n) is 3.66. The maximum atomic E-state index is 12.5. The second kappa shape index (κ2) is 9.80. The van der Waals surface area contributed by atoms with E-state index in [0.29, 0.717) is 30.6 Å². The fourth-order valence-electron chi connectivity index (χ4n) is 2.31. The summed E-state index contributed by atoms with van der Waals surface area (Å²) in [6.07, 6.45) is 1.06. The van der Waals surface area contributed by atoms with E-state index in [4.69, 9.17) is 5.73 Å². The number of amides is 2. The van der Waals surface area contributed by atoms with Gasteiger partial charge in [-0.3, -0.25) is 9.59 Å². The first-order valence-corrected chi connectivity index (χ1v) is 8.75. The van der Waals surface area contributed by atoms with Gasteiger partial charge in [0.05, 0.1) is 0 Å². The Labute approximate surface area is 147 Å². The molecule has 2 rings (SSSR count). The number of carbonyl (C=O) groups is 2. The number of halogens is 1. The molecule has 0 atom stereocenters. The minimum absolute atomic E-state index is 0. The van der Waals surface area contributed by atoms with Gasteiger partial charge in [-0.1, -0.05) is 6.07 Å². The molecule has 1 heterocycles. The summed E-state index contributed by atoms with van der Waals surface area (Å²) < 4.78 is 0. The number of carbonyl (C=O) groups excluding carboxylic acids is 2. The number of nitrogens with one attached hydrogen (secondary N) is 1. The highest BCUT2D eigenvalue weighted by atomic mass is 35.5. The number of anilines is 1. The topological polar surface area (TPSA) is 75.4 Å². The van der Waals surface area contributed by atoms with E-state index < -0.39 is 0 Å². The average Bonchev–Trinajstić information content (AvgIpc) is 2.55. The van der Waals surface area contributed by atoms with Crippen LogP contribution in [0, 0.1) is 6.92 Å². The predicted octanol–water partition coefficient (Wildman–Crippen LogP) is 2.28. The van der Waals surface area contributed by atoms with E-state index in [0.717, 1.165) is 30.2 Å². The van der Waals surface area contributed by atoms with Crippen LogP contribution in [-0.2, 0) is 4.79 Å². The Balaban J connectivity index is 0.00000264. The Morgan fingerprint density at radius 2 is 2.00 bits per heavy atom. The standard InChI is InChI=1S/C16H23N3O2S.ClH/c1-12-4-5-13(16(21)19-7-9-22-10-8-19)11-14(12)18-15(20)3-2-6-17;/h4-5,11H,2-3,6-10,17H2,1H3,(H,18,20);1H. The van der Waals surface area contributed by atoms with Gasteiger partial charge in [-0.15, -0.1) is 12.4 Å². The minimum atomic E-state index is -0.0625. The summed E-state index contributed by atoms with van der Waals surface area (Å²) in [6, 6.07) is 5.49. The number of benzene rings is 1. The molecule has 0 spiro atoms. The van der Waals surface area contributed by atoms with Crippen LogP contribution in [0.4, 0.5) is 5.69 Å². The number of nitrogens with zero attached hydrogens (tertiary/aromatic N) is 1. The molecule has 0 unspecified atom stereocenters. The molecule has 2 amide bonds. The Bertz CT molecular complexity index is 548. The lowest BCUT2D eigenvalue weighted by Crippen LogP contribution is -2.37. The summed E-state index contributed by atoms with van der Waals surface area (Å²) in [6.45, 7) is 3.99. The van der Waals surface area contributed by atoms with Crippen LogP contribution in [0.5, 0.6) is 0 Å². The molecule has 1 saturated heterocycles. The van der Waals surface area contributed by atoms with Crippen molar-refractivity contribution in [1.82, 2.24) is 4.90 Å². The molecule has 1 aromatic rings. The van der Waals surface area contributed by atoms with Crippen LogP contribution in [0.15, 0.2) is 18.2 Å². The van der Waals surface area contributed by atoms with Crippen LogP contribution in [-0.4, -0.2) is 47.9 Å². The molecule has 3 N–H and O–H groups in total. The van der Waals surface area contributed by atoms with Gasteiger partial charge in [0.2, 0.25) is 5.91 Å². The fourth-order valence-corrected chi connectivity index (χ4v) is 3.22. The van der Waals surface area contributed by atoms with E-state index >= 15 is 0 Å². The van der Waals surface area contributed by atoms with E-state index in [9.17, 15) is 9.59 Å². The highest BCUT2D eigenvalue weighted by molar-refractivity contribution is 7.99. The molecular weight excluding hydrogens is 334 g/mol. The highest BCUT2D eigenvalue weighted by Crippen LogP contribution is 2.20. The summed E-state index contributed by atoms with van der Waals surface area (Å²) in [4.78, 5) is 26.2. The van der Waals surface area contributed by atoms with E-state index in [1.807, 2.05) is 35.7 Å². The molecule has 1 aliphatic heterocycles. The lowest BCUT2D eigenvalue weighted by Gasteiger charge is -2.26. The first kappa shape index (κ1) is 19.8. The van der Waals surface area contributed by atoms with Crippen molar-refractivity contribution >= 4 is 41.7 Å². The minimum Gasteiger partial charge on any atom is -0.337 e. The van der Waals surface area contributed by atoms with Gasteiger partial charge in [0, 0.05) is 42.3 Å². The third-order valence-corrected chi connectivity index (χ3v) is 4.61. The molecule has 23 heavy (non-hydrogen) atoms. The maximum Gasteiger partial charge on any atom is 0.253 e. The van der Waals surface area contributed by atoms with Crippen LogP contribution < -0.4 is 11.1 Å². The van der Waals surface area contributed by atoms with Crippen LogP contribution in [0.1, 0.15) is 28.8 Å². The molecule has 0 aliphatic carbocycles. The summed E-state index contributed by atoms with van der Waals surface area (Å²) >= 11 is 1.87. The fraction of sp³-hybridized carbons (Fsp3) is 0.500. The molecule has 1 aliphatic rings. The first-order chi connectivity index (χ1) is 10.6. The molecule has 1 aromatic carbocycles. The van der Waals surface area contributed by atoms with Crippen molar-refractivity contribution in [2.45, 2.75) is 19.8 Å². The van der Waals surface area contributed by atoms with Gasteiger partial charge in [0.25, 0.3) is 5.91 Å². The van der Waals surface area contributed by atoms with Crippen LogP contribution >= 0.6 is 24.2 Å². The van der Waals surface area contributed by atoms with Gasteiger partial charge in [-0.05, 0) is 37.6 Å². The van der Waals surface area contributed by atoms with Gasteiger partial charge < -0.3 is 16.0 Å². The molecule has 1 fully saturated rings. The largest absolute Gasteiger partial charge is 0.337 e. The van der Waals surface area contributed by atoms with Crippen molar-refractivity contribution in [2.75, 3.05) is 36.5 Å². The SMILES string of the molecule is Cc1ccc(C(=O)N2CCSCC2)cc1NC(=O)CCCN.Cl. The summed E-state index contributed by atoms with van der Waals surface area (Å²) in [5.41, 5.74) is 7.70. The predicted molar refractivity (Wildman–Crippen MR) is 98.6 cm³/mol. The zero-order valence-electron chi connectivity index (χ0n) is 13.3. The van der Waals surface area contributed by atoms with Crippen LogP contribution in [0.25, 0.3) is 0 Å². The van der Waals surface area contributed by atoms with E-state index in [2.05, 4.69) is 5.32 Å². The molecule has 128 valence electrons. The van der Waals surface area contributed by atoms with Crippen molar-refractivity contribution in [2.24, 2.45) is 5.73 Å². The van der Waals surface area contributed by atoms with Gasteiger partial charge in [0.15, 0.2) is 0 Å². The quantitative estimate of drug-likeness (QED) is 0.847. The van der Waals surface area contributed by atoms with Crippen molar-refractivity contribution in [1.29, 1.82) is 0 Å². The van der Waals surface area contributed by atoms with Crippen molar-refractivity contribution < 1.29 is 9.59 Å². The van der Waals surface area contributed by atoms with Gasteiger partial charge in [-0.25, -0.2) is 0 Å². The number of nitrogens with two attached hydrogens (primary N) is 1. The number of hydrogen-bond acceptors (Lipinski definition) is 4. The normalized spacial score (nSPS) is 14.1. The zero-order chi connectivity index (χ0) is 15.9. The van der Waals surface area contributed by atoms with Gasteiger partial charge in [-0.2, -0.15) is 11.8 Å². The summed E-state index contributed by atoms with van der Waals surface area (Å²) in [7, 11) is 0. The highest BCUT2D eigenvalue weighted by Gasteiger charge is 2.19. The molecule has 7 heteroatoms. The second-order valence-electron chi connectivity index (χ2n) is 5.37. The molecule has 5 nitrogen and oxygen atoms in total. The van der Waals surface area contributed by atoms with E-state index in [-0.39, 0.29) is 24.2 Å². The van der Waals surface area contributed by atoms with E-state index in [1.54, 1.807) is 6.07 Å².